The Morgan fingerprint density at radius 1 is 1.14 bits per heavy atom. The van der Waals surface area contributed by atoms with Crippen LogP contribution in [0.3, 0.4) is 0 Å². The zero-order valence-electron chi connectivity index (χ0n) is 16.0. The topological polar surface area (TPSA) is 99.2 Å². The highest BCUT2D eigenvalue weighted by Gasteiger charge is 2.25. The molecule has 1 aromatic carbocycles. The van der Waals surface area contributed by atoms with Crippen LogP contribution in [-0.2, 0) is 12.8 Å². The summed E-state index contributed by atoms with van der Waals surface area (Å²) in [6.45, 7) is 2.89. The number of aromatic amines is 2. The number of hydrogen-bond donors (Lipinski definition) is 2. The Kier molecular flexibility index (Phi) is 4.04. The minimum absolute atomic E-state index is 0.0799. The van der Waals surface area contributed by atoms with Crippen molar-refractivity contribution in [3.8, 4) is 11.3 Å². The van der Waals surface area contributed by atoms with Gasteiger partial charge in [-0.2, -0.15) is 5.10 Å². The first-order valence-corrected chi connectivity index (χ1v) is 9.60. The number of rotatable bonds is 2. The van der Waals surface area contributed by atoms with Gasteiger partial charge in [-0.15, -0.1) is 0 Å². The SMILES string of the molecule is Cc1cc2ncc(C(=O)N3CCc4[nH]nc(-c5ccccc5)c4CC3)c(=O)n2[nH]1. The summed E-state index contributed by atoms with van der Waals surface area (Å²) in [7, 11) is 0. The first kappa shape index (κ1) is 17.4. The molecular weight excluding hydrogens is 368 g/mol. The van der Waals surface area contributed by atoms with E-state index in [2.05, 4.69) is 20.3 Å². The van der Waals surface area contributed by atoms with Crippen LogP contribution in [0.5, 0.6) is 0 Å². The van der Waals surface area contributed by atoms with Gasteiger partial charge in [-0.05, 0) is 13.3 Å². The number of nitrogens with zero attached hydrogens (tertiary/aromatic N) is 4. The minimum atomic E-state index is -0.373. The van der Waals surface area contributed by atoms with Gasteiger partial charge in [0.05, 0.1) is 5.69 Å². The van der Waals surface area contributed by atoms with Gasteiger partial charge in [0.25, 0.3) is 11.5 Å². The Labute approximate surface area is 166 Å². The Bertz CT molecular complexity index is 1270. The van der Waals surface area contributed by atoms with Crippen LogP contribution in [0.25, 0.3) is 16.9 Å². The van der Waals surface area contributed by atoms with E-state index in [1.54, 1.807) is 11.0 Å². The number of aromatic nitrogens is 5. The van der Waals surface area contributed by atoms with Crippen molar-refractivity contribution in [2.75, 3.05) is 13.1 Å². The van der Waals surface area contributed by atoms with E-state index in [4.69, 9.17) is 0 Å². The lowest BCUT2D eigenvalue weighted by atomic mass is 10.0. The average molecular weight is 388 g/mol. The Morgan fingerprint density at radius 3 is 2.76 bits per heavy atom. The Morgan fingerprint density at radius 2 is 1.93 bits per heavy atom. The first-order valence-electron chi connectivity index (χ1n) is 9.60. The average Bonchev–Trinajstić information content (AvgIpc) is 3.25. The largest absolute Gasteiger partial charge is 0.338 e. The smallest absolute Gasteiger partial charge is 0.285 e. The number of amides is 1. The van der Waals surface area contributed by atoms with E-state index in [-0.39, 0.29) is 17.0 Å². The molecule has 0 bridgehead atoms. The molecule has 0 fully saturated rings. The van der Waals surface area contributed by atoms with E-state index < -0.39 is 0 Å². The van der Waals surface area contributed by atoms with E-state index in [9.17, 15) is 9.59 Å². The quantitative estimate of drug-likeness (QED) is 0.548. The monoisotopic (exact) mass is 388 g/mol. The van der Waals surface area contributed by atoms with Gasteiger partial charge in [-0.1, -0.05) is 30.3 Å². The zero-order chi connectivity index (χ0) is 20.0. The molecule has 146 valence electrons. The maximum atomic E-state index is 13.1. The van der Waals surface area contributed by atoms with Gasteiger partial charge in [-0.3, -0.25) is 19.8 Å². The summed E-state index contributed by atoms with van der Waals surface area (Å²) in [5, 5.41) is 10.6. The molecule has 0 aliphatic carbocycles. The molecule has 0 saturated heterocycles. The molecule has 4 heterocycles. The number of carbonyl (C=O) groups is 1. The Balaban J connectivity index is 1.43. The van der Waals surface area contributed by atoms with Gasteiger partial charge >= 0.3 is 0 Å². The third kappa shape index (κ3) is 2.93. The molecule has 1 aliphatic rings. The minimum Gasteiger partial charge on any atom is -0.338 e. The summed E-state index contributed by atoms with van der Waals surface area (Å²) < 4.78 is 1.32. The normalized spacial score (nSPS) is 14.0. The molecule has 3 aromatic heterocycles. The lowest BCUT2D eigenvalue weighted by molar-refractivity contribution is 0.0760. The molecule has 0 atom stereocenters. The molecule has 0 spiro atoms. The molecule has 5 rings (SSSR count). The second-order valence-corrected chi connectivity index (χ2v) is 7.30. The number of fused-ring (bicyclic) bond motifs is 2. The number of carbonyl (C=O) groups excluding carboxylic acids is 1. The second kappa shape index (κ2) is 6.73. The lowest BCUT2D eigenvalue weighted by Gasteiger charge is -2.19. The fraction of sp³-hybridized carbons (Fsp3) is 0.238. The van der Waals surface area contributed by atoms with E-state index in [1.165, 1.54) is 10.7 Å². The second-order valence-electron chi connectivity index (χ2n) is 7.30. The van der Waals surface area contributed by atoms with Gasteiger partial charge in [0.1, 0.15) is 5.56 Å². The van der Waals surface area contributed by atoms with Gasteiger partial charge in [-0.25, -0.2) is 9.50 Å². The van der Waals surface area contributed by atoms with Crippen LogP contribution >= 0.6 is 0 Å². The maximum Gasteiger partial charge on any atom is 0.285 e. The van der Waals surface area contributed by atoms with Crippen LogP contribution in [0.2, 0.25) is 0 Å². The summed E-state index contributed by atoms with van der Waals surface area (Å²) in [6.07, 6.45) is 2.73. The van der Waals surface area contributed by atoms with E-state index in [1.807, 2.05) is 37.3 Å². The van der Waals surface area contributed by atoms with Gasteiger partial charge < -0.3 is 4.90 Å². The molecule has 8 heteroatoms. The number of H-pyrrole nitrogens is 2. The standard InChI is InChI=1S/C21H20N6O2/c1-13-11-18-22-12-16(21(29)27(18)25-13)20(28)26-9-7-15-17(8-10-26)23-24-19(15)14-5-3-2-4-6-14/h2-6,11-12,25H,7-10H2,1H3,(H,23,24). The molecule has 1 aliphatic heterocycles. The van der Waals surface area contributed by atoms with Crippen molar-refractivity contribution in [3.05, 3.63) is 75.5 Å². The van der Waals surface area contributed by atoms with Crippen molar-refractivity contribution in [3.63, 3.8) is 0 Å². The molecule has 1 amide bonds. The fourth-order valence-electron chi connectivity index (χ4n) is 3.92. The summed E-state index contributed by atoms with van der Waals surface area (Å²) in [4.78, 5) is 31.8. The predicted octanol–water partition coefficient (Wildman–Crippen LogP) is 1.96. The molecule has 2 N–H and O–H groups in total. The molecular formula is C21H20N6O2. The van der Waals surface area contributed by atoms with Crippen LogP contribution in [0.1, 0.15) is 27.3 Å². The summed E-state index contributed by atoms with van der Waals surface area (Å²) in [5.41, 5.74) is 5.20. The van der Waals surface area contributed by atoms with Crippen molar-refractivity contribution in [2.24, 2.45) is 0 Å². The Hall–Kier alpha value is -3.68. The van der Waals surface area contributed by atoms with Crippen molar-refractivity contribution in [1.82, 2.24) is 29.7 Å². The maximum absolute atomic E-state index is 13.1. The molecule has 29 heavy (non-hydrogen) atoms. The summed E-state index contributed by atoms with van der Waals surface area (Å²) in [5.74, 6) is -0.288. The van der Waals surface area contributed by atoms with Gasteiger partial charge in [0.2, 0.25) is 0 Å². The number of nitrogens with one attached hydrogen (secondary N) is 2. The molecule has 8 nitrogen and oxygen atoms in total. The molecule has 0 saturated carbocycles. The third-order valence-corrected chi connectivity index (χ3v) is 5.40. The molecule has 0 radical (unpaired) electrons. The number of benzene rings is 1. The van der Waals surface area contributed by atoms with Crippen molar-refractivity contribution in [1.29, 1.82) is 0 Å². The first-order chi connectivity index (χ1) is 14.1. The van der Waals surface area contributed by atoms with Crippen LogP contribution in [0, 0.1) is 6.92 Å². The van der Waals surface area contributed by atoms with Crippen molar-refractivity contribution in [2.45, 2.75) is 19.8 Å². The van der Waals surface area contributed by atoms with Crippen LogP contribution in [0.4, 0.5) is 0 Å². The lowest BCUT2D eigenvalue weighted by Crippen LogP contribution is -2.37. The van der Waals surface area contributed by atoms with Crippen LogP contribution in [0.15, 0.2) is 47.4 Å². The summed E-state index contributed by atoms with van der Waals surface area (Å²) in [6, 6.07) is 11.8. The van der Waals surface area contributed by atoms with Gasteiger partial charge in [0, 0.05) is 54.3 Å². The van der Waals surface area contributed by atoms with Crippen LogP contribution < -0.4 is 5.56 Å². The highest BCUT2D eigenvalue weighted by atomic mass is 16.2. The number of hydrogen-bond acceptors (Lipinski definition) is 4. The predicted molar refractivity (Wildman–Crippen MR) is 108 cm³/mol. The van der Waals surface area contributed by atoms with Crippen LogP contribution in [-0.4, -0.2) is 48.7 Å². The van der Waals surface area contributed by atoms with E-state index >= 15 is 0 Å². The van der Waals surface area contributed by atoms with E-state index in [0.29, 0.717) is 31.6 Å². The highest BCUT2D eigenvalue weighted by Crippen LogP contribution is 2.26. The third-order valence-electron chi connectivity index (χ3n) is 5.40. The molecule has 4 aromatic rings. The highest BCUT2D eigenvalue weighted by molar-refractivity contribution is 5.93. The van der Waals surface area contributed by atoms with Gasteiger partial charge in [0.15, 0.2) is 5.65 Å². The van der Waals surface area contributed by atoms with Crippen molar-refractivity contribution >= 4 is 11.6 Å². The van der Waals surface area contributed by atoms with Crippen molar-refractivity contribution < 1.29 is 4.79 Å². The zero-order valence-corrected chi connectivity index (χ0v) is 16.0. The van der Waals surface area contributed by atoms with E-state index in [0.717, 1.165) is 28.2 Å². The fourth-order valence-corrected chi connectivity index (χ4v) is 3.92. The number of aryl methyl sites for hydroxylation is 1. The summed E-state index contributed by atoms with van der Waals surface area (Å²) >= 11 is 0. The molecule has 0 unspecified atom stereocenters.